The van der Waals surface area contributed by atoms with Crippen LogP contribution in [0.15, 0.2) is 17.5 Å². The van der Waals surface area contributed by atoms with Gasteiger partial charge in [0.05, 0.1) is 17.4 Å². The van der Waals surface area contributed by atoms with Crippen LogP contribution in [-0.4, -0.2) is 16.0 Å². The number of aromatic nitrogens is 1. The highest BCUT2D eigenvalue weighted by molar-refractivity contribution is 7.14. The van der Waals surface area contributed by atoms with Crippen LogP contribution in [0, 0.1) is 17.5 Å². The molecule has 4 nitrogen and oxygen atoms in total. The maximum absolute atomic E-state index is 13.4. The Labute approximate surface area is 115 Å². The molecule has 20 heavy (non-hydrogen) atoms. The average Bonchev–Trinajstić information content (AvgIpc) is 2.84. The third-order valence-electron chi connectivity index (χ3n) is 2.45. The number of halogens is 3. The lowest BCUT2D eigenvalue weighted by Gasteiger charge is -2.04. The number of nitrogens with zero attached hydrogens (tertiary/aromatic N) is 1. The second-order valence-electron chi connectivity index (χ2n) is 3.93. The molecule has 1 unspecified atom stereocenters. The van der Waals surface area contributed by atoms with Gasteiger partial charge in [-0.2, -0.15) is 0 Å². The number of aliphatic hydroxyl groups excluding tert-OH is 1. The zero-order valence-corrected chi connectivity index (χ0v) is 11.0. The Morgan fingerprint density at radius 1 is 1.35 bits per heavy atom. The highest BCUT2D eigenvalue weighted by Crippen LogP contribution is 2.22. The quantitative estimate of drug-likeness (QED) is 0.857. The van der Waals surface area contributed by atoms with E-state index >= 15 is 0 Å². The number of carbonyl (C=O) groups is 1. The Kier molecular flexibility index (Phi) is 4.05. The van der Waals surface area contributed by atoms with Crippen molar-refractivity contribution < 1.29 is 23.1 Å². The molecule has 0 spiro atoms. The number of benzene rings is 1. The van der Waals surface area contributed by atoms with Crippen LogP contribution in [0.4, 0.5) is 18.3 Å². The van der Waals surface area contributed by atoms with Gasteiger partial charge >= 0.3 is 0 Å². The Bertz CT molecular complexity index is 658. The topological polar surface area (TPSA) is 62.2 Å². The van der Waals surface area contributed by atoms with Gasteiger partial charge in [-0.1, -0.05) is 0 Å². The maximum Gasteiger partial charge on any atom is 0.260 e. The molecule has 0 radical (unpaired) electrons. The maximum atomic E-state index is 13.4. The number of nitrogens with one attached hydrogen (secondary N) is 1. The first-order chi connectivity index (χ1) is 9.40. The van der Waals surface area contributed by atoms with Gasteiger partial charge < -0.3 is 5.11 Å². The first kappa shape index (κ1) is 14.5. The summed E-state index contributed by atoms with van der Waals surface area (Å²) < 4.78 is 39.2. The normalized spacial score (nSPS) is 12.2. The summed E-state index contributed by atoms with van der Waals surface area (Å²) >= 11 is 1.02. The molecular formula is C12H9F3N2O2S. The highest BCUT2D eigenvalue weighted by atomic mass is 32.1. The van der Waals surface area contributed by atoms with Crippen LogP contribution in [0.2, 0.25) is 0 Å². The summed E-state index contributed by atoms with van der Waals surface area (Å²) in [6.07, 6.45) is -0.808. The first-order valence-electron chi connectivity index (χ1n) is 5.48. The number of carbonyl (C=O) groups excluding carboxylic acids is 1. The van der Waals surface area contributed by atoms with E-state index in [0.717, 1.165) is 17.4 Å². The van der Waals surface area contributed by atoms with E-state index < -0.39 is 35.0 Å². The molecule has 2 N–H and O–H groups in total. The van der Waals surface area contributed by atoms with Crippen LogP contribution in [0.5, 0.6) is 0 Å². The molecule has 0 aliphatic heterocycles. The van der Waals surface area contributed by atoms with Crippen LogP contribution < -0.4 is 5.32 Å². The molecular weight excluding hydrogens is 293 g/mol. The molecule has 0 saturated carbocycles. The van der Waals surface area contributed by atoms with Crippen LogP contribution in [0.3, 0.4) is 0 Å². The lowest BCUT2D eigenvalue weighted by atomic mass is 10.2. The van der Waals surface area contributed by atoms with E-state index in [1.54, 1.807) is 0 Å². The average molecular weight is 302 g/mol. The lowest BCUT2D eigenvalue weighted by molar-refractivity contribution is 0.102. The van der Waals surface area contributed by atoms with Crippen molar-refractivity contribution in [2.75, 3.05) is 5.32 Å². The van der Waals surface area contributed by atoms with E-state index in [1.165, 1.54) is 12.3 Å². The van der Waals surface area contributed by atoms with Gasteiger partial charge in [-0.25, -0.2) is 18.2 Å². The zero-order chi connectivity index (χ0) is 14.9. The molecule has 2 aromatic rings. The Morgan fingerprint density at radius 3 is 2.65 bits per heavy atom. The second-order valence-corrected chi connectivity index (χ2v) is 4.79. The van der Waals surface area contributed by atoms with E-state index in [4.69, 9.17) is 0 Å². The molecule has 8 heteroatoms. The predicted molar refractivity (Wildman–Crippen MR) is 67.0 cm³/mol. The Hall–Kier alpha value is -1.93. The number of hydrogen-bond donors (Lipinski definition) is 2. The second kappa shape index (κ2) is 5.59. The van der Waals surface area contributed by atoms with E-state index in [-0.39, 0.29) is 5.13 Å². The van der Waals surface area contributed by atoms with Crippen LogP contribution in [0.1, 0.15) is 29.1 Å². The lowest BCUT2D eigenvalue weighted by Crippen LogP contribution is -2.15. The molecule has 1 amide bonds. The minimum Gasteiger partial charge on any atom is -0.387 e. The fraction of sp³-hybridized carbons (Fsp3) is 0.167. The fourth-order valence-electron chi connectivity index (χ4n) is 1.40. The zero-order valence-electron chi connectivity index (χ0n) is 10.2. The van der Waals surface area contributed by atoms with Gasteiger partial charge in [0.2, 0.25) is 0 Å². The minimum absolute atomic E-state index is 0.120. The molecule has 1 aromatic carbocycles. The summed E-state index contributed by atoms with van der Waals surface area (Å²) in [6.45, 7) is 1.50. The van der Waals surface area contributed by atoms with Crippen molar-refractivity contribution in [1.29, 1.82) is 0 Å². The van der Waals surface area contributed by atoms with Crippen molar-refractivity contribution in [2.24, 2.45) is 0 Å². The van der Waals surface area contributed by atoms with E-state index in [2.05, 4.69) is 10.3 Å². The van der Waals surface area contributed by atoms with Crippen molar-refractivity contribution in [1.82, 2.24) is 4.98 Å². The van der Waals surface area contributed by atoms with E-state index in [1.807, 2.05) is 0 Å². The fourth-order valence-corrected chi connectivity index (χ4v) is 2.19. The molecule has 0 aliphatic rings. The van der Waals surface area contributed by atoms with Gasteiger partial charge in [-0.3, -0.25) is 10.1 Å². The highest BCUT2D eigenvalue weighted by Gasteiger charge is 2.19. The van der Waals surface area contributed by atoms with Crippen molar-refractivity contribution in [3.05, 3.63) is 46.2 Å². The summed E-state index contributed by atoms with van der Waals surface area (Å²) in [6, 6.07) is 1.50. The number of hydrogen-bond acceptors (Lipinski definition) is 4. The standard InChI is InChI=1S/C12H9F3N2O2S/c1-5(18)8-4-20-12(16-8)17-11(19)6-2-3-7(13)10(15)9(6)14/h2-5,18H,1H3,(H,16,17,19). The number of rotatable bonds is 3. The molecule has 1 heterocycles. The van der Waals surface area contributed by atoms with Crippen LogP contribution >= 0.6 is 11.3 Å². The Balaban J connectivity index is 2.22. The molecule has 0 aliphatic carbocycles. The van der Waals surface area contributed by atoms with Crippen LogP contribution in [-0.2, 0) is 0 Å². The molecule has 1 aromatic heterocycles. The summed E-state index contributed by atoms with van der Waals surface area (Å²) in [4.78, 5) is 15.6. The number of amides is 1. The largest absolute Gasteiger partial charge is 0.387 e. The smallest absolute Gasteiger partial charge is 0.260 e. The first-order valence-corrected chi connectivity index (χ1v) is 6.36. The summed E-state index contributed by atoms with van der Waals surface area (Å²) in [7, 11) is 0. The SMILES string of the molecule is CC(O)c1csc(NC(=O)c2ccc(F)c(F)c2F)n1. The third-order valence-corrected chi connectivity index (χ3v) is 3.23. The Morgan fingerprint density at radius 2 is 2.05 bits per heavy atom. The molecule has 1 atom stereocenters. The van der Waals surface area contributed by atoms with Gasteiger partial charge in [0.15, 0.2) is 22.6 Å². The molecule has 0 fully saturated rings. The van der Waals surface area contributed by atoms with Gasteiger partial charge in [0, 0.05) is 5.38 Å². The van der Waals surface area contributed by atoms with Gasteiger partial charge in [0.1, 0.15) is 0 Å². The number of anilines is 1. The number of thiazole rings is 1. The van der Waals surface area contributed by atoms with Gasteiger partial charge in [-0.15, -0.1) is 11.3 Å². The number of aliphatic hydroxyl groups is 1. The van der Waals surface area contributed by atoms with E-state index in [9.17, 15) is 23.1 Å². The van der Waals surface area contributed by atoms with Gasteiger partial charge in [-0.05, 0) is 19.1 Å². The molecule has 0 bridgehead atoms. The minimum atomic E-state index is -1.71. The monoisotopic (exact) mass is 302 g/mol. The molecule has 0 saturated heterocycles. The summed E-state index contributed by atoms with van der Waals surface area (Å²) in [5, 5.41) is 13.2. The van der Waals surface area contributed by atoms with Crippen molar-refractivity contribution in [2.45, 2.75) is 13.0 Å². The van der Waals surface area contributed by atoms with Crippen molar-refractivity contribution in [3.8, 4) is 0 Å². The van der Waals surface area contributed by atoms with E-state index in [0.29, 0.717) is 11.8 Å². The summed E-state index contributed by atoms with van der Waals surface area (Å²) in [5.74, 6) is -5.59. The van der Waals surface area contributed by atoms with Crippen molar-refractivity contribution in [3.63, 3.8) is 0 Å². The van der Waals surface area contributed by atoms with Gasteiger partial charge in [0.25, 0.3) is 5.91 Å². The third kappa shape index (κ3) is 2.81. The van der Waals surface area contributed by atoms with Crippen molar-refractivity contribution >= 4 is 22.4 Å². The molecule has 2 rings (SSSR count). The van der Waals surface area contributed by atoms with Crippen LogP contribution in [0.25, 0.3) is 0 Å². The summed E-state index contributed by atoms with van der Waals surface area (Å²) in [5.41, 5.74) is -0.284. The molecule has 106 valence electrons. The predicted octanol–water partition coefficient (Wildman–Crippen LogP) is 2.87.